The van der Waals surface area contributed by atoms with E-state index in [1.54, 1.807) is 0 Å². The lowest BCUT2D eigenvalue weighted by atomic mass is 10.0. The van der Waals surface area contributed by atoms with Gasteiger partial charge in [0, 0.05) is 51.0 Å². The molecule has 5 rings (SSSR count). The number of furan rings is 1. The Morgan fingerprint density at radius 1 is 0.972 bits per heavy atom. The number of hydrogen-bond donors (Lipinski definition) is 2. The molecule has 0 unspecified atom stereocenters. The first kappa shape index (κ1) is 24.4. The maximum absolute atomic E-state index is 5.63. The first-order valence-electron chi connectivity index (χ1n) is 12.8. The van der Waals surface area contributed by atoms with Crippen LogP contribution in [0, 0.1) is 12.8 Å². The summed E-state index contributed by atoms with van der Waals surface area (Å²) < 4.78 is 5.63. The number of piperidine rings is 1. The Hall–Kier alpha value is -3.33. The number of piperazine rings is 1. The first-order chi connectivity index (χ1) is 17.5. The Labute approximate surface area is 218 Å². The Morgan fingerprint density at radius 3 is 2.39 bits per heavy atom. The van der Waals surface area contributed by atoms with E-state index >= 15 is 0 Å². The molecule has 2 aromatic heterocycles. The predicted molar refractivity (Wildman–Crippen MR) is 150 cm³/mol. The number of hydrogen-bond acceptors (Lipinski definition) is 7. The van der Waals surface area contributed by atoms with Gasteiger partial charge in [0.2, 0.25) is 5.95 Å². The van der Waals surface area contributed by atoms with E-state index in [-0.39, 0.29) is 0 Å². The molecular formula is C27H35N7OS. The zero-order valence-corrected chi connectivity index (χ0v) is 21.9. The summed E-state index contributed by atoms with van der Waals surface area (Å²) in [6, 6.07) is 16.7. The fraction of sp³-hybridized carbons (Fsp3) is 0.444. The standard InChI is InChI=1S/C27H35N7OS/c1-20-7-6-12-34(19-20)25-17-24(33-15-13-32(14-16-33)22-8-4-3-5-9-22)29-26(30-25)31-27(36)28-18-23-11-10-21(2)35-23/h3-5,8-11,17,20H,6-7,12-16,18-19H2,1-2H3,(H2,28,29,30,31,36)/t20-/m1/s1. The zero-order valence-electron chi connectivity index (χ0n) is 21.1. The molecule has 2 saturated heterocycles. The van der Waals surface area contributed by atoms with Gasteiger partial charge in [-0.3, -0.25) is 0 Å². The minimum absolute atomic E-state index is 0.480. The van der Waals surface area contributed by atoms with Crippen LogP contribution in [0.3, 0.4) is 0 Å². The zero-order chi connectivity index (χ0) is 24.9. The smallest absolute Gasteiger partial charge is 0.232 e. The van der Waals surface area contributed by atoms with Crippen molar-refractivity contribution in [3.05, 3.63) is 60.1 Å². The second-order valence-corrected chi connectivity index (χ2v) is 10.1. The number of anilines is 4. The lowest BCUT2D eigenvalue weighted by Crippen LogP contribution is -2.47. The molecule has 36 heavy (non-hydrogen) atoms. The van der Waals surface area contributed by atoms with Crippen LogP contribution < -0.4 is 25.3 Å². The van der Waals surface area contributed by atoms with Crippen molar-refractivity contribution in [2.75, 3.05) is 59.3 Å². The Bertz CT molecular complexity index is 1160. The molecule has 0 spiro atoms. The van der Waals surface area contributed by atoms with Gasteiger partial charge in [-0.1, -0.05) is 25.1 Å². The van der Waals surface area contributed by atoms with Gasteiger partial charge in [-0.2, -0.15) is 9.97 Å². The van der Waals surface area contributed by atoms with E-state index in [9.17, 15) is 0 Å². The fourth-order valence-electron chi connectivity index (χ4n) is 4.93. The van der Waals surface area contributed by atoms with E-state index in [0.717, 1.165) is 62.4 Å². The summed E-state index contributed by atoms with van der Waals surface area (Å²) in [6.07, 6.45) is 2.45. The highest BCUT2D eigenvalue weighted by molar-refractivity contribution is 7.80. The van der Waals surface area contributed by atoms with E-state index in [4.69, 9.17) is 26.6 Å². The summed E-state index contributed by atoms with van der Waals surface area (Å²) in [5.74, 6) is 4.81. The molecule has 1 atom stereocenters. The third kappa shape index (κ3) is 6.07. The normalized spacial score (nSPS) is 18.3. The van der Waals surface area contributed by atoms with Gasteiger partial charge in [0.1, 0.15) is 23.2 Å². The van der Waals surface area contributed by atoms with Crippen molar-refractivity contribution in [1.29, 1.82) is 0 Å². The van der Waals surface area contributed by atoms with Gasteiger partial charge >= 0.3 is 0 Å². The van der Waals surface area contributed by atoms with Crippen molar-refractivity contribution < 1.29 is 4.42 Å². The predicted octanol–water partition coefficient (Wildman–Crippen LogP) is 4.43. The van der Waals surface area contributed by atoms with Crippen LogP contribution in [0.1, 0.15) is 31.3 Å². The van der Waals surface area contributed by atoms with E-state index in [1.807, 2.05) is 19.1 Å². The second-order valence-electron chi connectivity index (χ2n) is 9.73. The number of para-hydroxylation sites is 1. The van der Waals surface area contributed by atoms with Crippen LogP contribution in [0.15, 0.2) is 52.9 Å². The molecule has 9 heteroatoms. The molecule has 1 aromatic carbocycles. The number of aromatic nitrogens is 2. The third-order valence-corrected chi connectivity index (χ3v) is 7.10. The summed E-state index contributed by atoms with van der Waals surface area (Å²) in [6.45, 7) is 10.5. The third-order valence-electron chi connectivity index (χ3n) is 6.85. The number of nitrogens with zero attached hydrogens (tertiary/aromatic N) is 5. The first-order valence-corrected chi connectivity index (χ1v) is 13.2. The topological polar surface area (TPSA) is 72.7 Å². The molecule has 2 fully saturated rings. The minimum Gasteiger partial charge on any atom is -0.465 e. The van der Waals surface area contributed by atoms with Crippen LogP contribution in [-0.2, 0) is 6.54 Å². The molecule has 0 bridgehead atoms. The molecule has 3 aromatic rings. The fourth-order valence-corrected chi connectivity index (χ4v) is 5.09. The number of aryl methyl sites for hydroxylation is 1. The number of rotatable bonds is 6. The SMILES string of the molecule is Cc1ccc(CNC(=S)Nc2nc(N3CCN(c4ccccc4)CC3)cc(N3CCC[C@@H](C)C3)n2)o1. The van der Waals surface area contributed by atoms with Crippen molar-refractivity contribution in [2.24, 2.45) is 5.92 Å². The van der Waals surface area contributed by atoms with E-state index in [2.05, 4.69) is 68.7 Å². The Kier molecular flexibility index (Phi) is 7.55. The second kappa shape index (κ2) is 11.2. The summed E-state index contributed by atoms with van der Waals surface area (Å²) in [5, 5.41) is 6.90. The molecule has 0 amide bonds. The lowest BCUT2D eigenvalue weighted by Gasteiger charge is -2.37. The Morgan fingerprint density at radius 2 is 1.69 bits per heavy atom. The average molecular weight is 506 g/mol. The van der Waals surface area contributed by atoms with E-state index in [0.29, 0.717) is 23.5 Å². The van der Waals surface area contributed by atoms with Crippen LogP contribution in [0.25, 0.3) is 0 Å². The molecule has 190 valence electrons. The van der Waals surface area contributed by atoms with E-state index < -0.39 is 0 Å². The van der Waals surface area contributed by atoms with E-state index in [1.165, 1.54) is 18.5 Å². The van der Waals surface area contributed by atoms with Crippen molar-refractivity contribution >= 4 is 40.6 Å². The summed E-state index contributed by atoms with van der Waals surface area (Å²) in [5.41, 5.74) is 1.27. The molecule has 0 saturated carbocycles. The maximum atomic E-state index is 5.63. The van der Waals surface area contributed by atoms with Crippen LogP contribution in [0.5, 0.6) is 0 Å². The summed E-state index contributed by atoms with van der Waals surface area (Å²) in [7, 11) is 0. The van der Waals surface area contributed by atoms with Crippen molar-refractivity contribution in [3.8, 4) is 0 Å². The molecule has 2 aliphatic heterocycles. The highest BCUT2D eigenvalue weighted by Crippen LogP contribution is 2.27. The van der Waals surface area contributed by atoms with Gasteiger partial charge in [-0.15, -0.1) is 0 Å². The van der Waals surface area contributed by atoms with Crippen LogP contribution in [-0.4, -0.2) is 54.3 Å². The molecular weight excluding hydrogens is 470 g/mol. The van der Waals surface area contributed by atoms with Gasteiger partial charge < -0.3 is 29.8 Å². The minimum atomic E-state index is 0.480. The monoisotopic (exact) mass is 505 g/mol. The van der Waals surface area contributed by atoms with Gasteiger partial charge in [-0.05, 0) is 62.2 Å². The van der Waals surface area contributed by atoms with Crippen LogP contribution >= 0.6 is 12.2 Å². The maximum Gasteiger partial charge on any atom is 0.232 e. The van der Waals surface area contributed by atoms with Gasteiger partial charge in [0.15, 0.2) is 5.11 Å². The highest BCUT2D eigenvalue weighted by Gasteiger charge is 2.23. The molecule has 4 heterocycles. The number of benzene rings is 1. The van der Waals surface area contributed by atoms with Crippen molar-refractivity contribution in [1.82, 2.24) is 15.3 Å². The van der Waals surface area contributed by atoms with Gasteiger partial charge in [-0.25, -0.2) is 0 Å². The van der Waals surface area contributed by atoms with Gasteiger partial charge in [0.05, 0.1) is 6.54 Å². The van der Waals surface area contributed by atoms with Crippen LogP contribution in [0.2, 0.25) is 0 Å². The Balaban J connectivity index is 1.30. The van der Waals surface area contributed by atoms with Gasteiger partial charge in [0.25, 0.3) is 0 Å². The lowest BCUT2D eigenvalue weighted by molar-refractivity contribution is 0.444. The largest absolute Gasteiger partial charge is 0.465 e. The molecule has 2 N–H and O–H groups in total. The molecule has 2 aliphatic rings. The van der Waals surface area contributed by atoms with Crippen molar-refractivity contribution in [2.45, 2.75) is 33.2 Å². The number of thiocarbonyl (C=S) groups is 1. The quantitative estimate of drug-likeness (QED) is 0.474. The van der Waals surface area contributed by atoms with Crippen molar-refractivity contribution in [3.63, 3.8) is 0 Å². The molecule has 0 aliphatic carbocycles. The molecule has 0 radical (unpaired) electrons. The number of nitrogens with one attached hydrogen (secondary N) is 2. The molecule has 8 nitrogen and oxygen atoms in total. The summed E-state index contributed by atoms with van der Waals surface area (Å²) >= 11 is 5.55. The average Bonchev–Trinajstić information content (AvgIpc) is 3.33. The highest BCUT2D eigenvalue weighted by atomic mass is 32.1. The van der Waals surface area contributed by atoms with Crippen LogP contribution in [0.4, 0.5) is 23.3 Å². The summed E-state index contributed by atoms with van der Waals surface area (Å²) in [4.78, 5) is 16.9.